The average Bonchev–Trinajstić information content (AvgIpc) is 3.03. The SMILES string of the molecule is O=C(c1ccccc1)N1CC(CCCCN2Cc3ccccc3C2)C1. The molecule has 1 amide bonds. The Hall–Kier alpha value is -2.13. The largest absolute Gasteiger partial charge is 0.338 e. The number of nitrogens with zero attached hydrogens (tertiary/aromatic N) is 2. The van der Waals surface area contributed by atoms with Gasteiger partial charge in [0, 0.05) is 31.7 Å². The minimum atomic E-state index is 0.187. The van der Waals surface area contributed by atoms with E-state index in [4.69, 9.17) is 0 Å². The molecule has 2 aliphatic heterocycles. The number of rotatable bonds is 6. The van der Waals surface area contributed by atoms with Crippen molar-refractivity contribution < 1.29 is 4.79 Å². The summed E-state index contributed by atoms with van der Waals surface area (Å²) in [5.41, 5.74) is 3.81. The van der Waals surface area contributed by atoms with Gasteiger partial charge >= 0.3 is 0 Å². The first kappa shape index (κ1) is 16.3. The molecular weight excluding hydrogens is 308 g/mol. The number of benzene rings is 2. The summed E-state index contributed by atoms with van der Waals surface area (Å²) in [7, 11) is 0. The minimum Gasteiger partial charge on any atom is -0.338 e. The second-order valence-corrected chi connectivity index (χ2v) is 7.42. The van der Waals surface area contributed by atoms with E-state index < -0.39 is 0 Å². The molecule has 0 aliphatic carbocycles. The van der Waals surface area contributed by atoms with Gasteiger partial charge in [0.05, 0.1) is 0 Å². The summed E-state index contributed by atoms with van der Waals surface area (Å²) in [6.45, 7) is 5.28. The Morgan fingerprint density at radius 1 is 0.880 bits per heavy atom. The van der Waals surface area contributed by atoms with Gasteiger partial charge in [0.2, 0.25) is 0 Å². The van der Waals surface area contributed by atoms with Crippen LogP contribution >= 0.6 is 0 Å². The Morgan fingerprint density at radius 2 is 1.52 bits per heavy atom. The number of fused-ring (bicyclic) bond motifs is 1. The summed E-state index contributed by atoms with van der Waals surface area (Å²) in [4.78, 5) is 16.8. The van der Waals surface area contributed by atoms with Crippen LogP contribution in [0.4, 0.5) is 0 Å². The first-order valence-corrected chi connectivity index (χ1v) is 9.43. The van der Waals surface area contributed by atoms with E-state index in [0.717, 1.165) is 31.7 Å². The molecule has 0 radical (unpaired) electrons. The summed E-state index contributed by atoms with van der Waals surface area (Å²) in [6.07, 6.45) is 3.78. The molecule has 4 rings (SSSR count). The molecule has 0 spiro atoms. The van der Waals surface area contributed by atoms with Crippen LogP contribution in [0.25, 0.3) is 0 Å². The van der Waals surface area contributed by atoms with Gasteiger partial charge in [-0.1, -0.05) is 48.9 Å². The van der Waals surface area contributed by atoms with Gasteiger partial charge in [0.15, 0.2) is 0 Å². The van der Waals surface area contributed by atoms with Crippen molar-refractivity contribution in [3.05, 3.63) is 71.3 Å². The van der Waals surface area contributed by atoms with Gasteiger partial charge in [-0.25, -0.2) is 0 Å². The molecule has 3 heteroatoms. The Balaban J connectivity index is 1.12. The molecule has 2 aliphatic rings. The molecule has 1 saturated heterocycles. The van der Waals surface area contributed by atoms with Gasteiger partial charge in [-0.05, 0) is 48.6 Å². The van der Waals surface area contributed by atoms with Crippen molar-refractivity contribution in [3.63, 3.8) is 0 Å². The standard InChI is InChI=1S/C22H26N2O/c25-22(19-9-2-1-3-10-19)24-14-18(15-24)8-6-7-13-23-16-20-11-4-5-12-21(20)17-23/h1-5,9-12,18H,6-8,13-17H2. The van der Waals surface area contributed by atoms with E-state index in [1.54, 1.807) is 0 Å². The van der Waals surface area contributed by atoms with Crippen LogP contribution in [0.3, 0.4) is 0 Å². The third kappa shape index (κ3) is 3.77. The van der Waals surface area contributed by atoms with E-state index in [1.165, 1.54) is 36.9 Å². The minimum absolute atomic E-state index is 0.187. The van der Waals surface area contributed by atoms with Crippen molar-refractivity contribution in [2.75, 3.05) is 19.6 Å². The third-order valence-electron chi connectivity index (χ3n) is 5.51. The first-order chi connectivity index (χ1) is 12.3. The number of carbonyl (C=O) groups excluding carboxylic acids is 1. The number of hydrogen-bond donors (Lipinski definition) is 0. The number of amides is 1. The monoisotopic (exact) mass is 334 g/mol. The molecule has 130 valence electrons. The fraction of sp³-hybridized carbons (Fsp3) is 0.409. The number of likely N-dealkylation sites (tertiary alicyclic amines) is 1. The predicted octanol–water partition coefficient (Wildman–Crippen LogP) is 3.94. The summed E-state index contributed by atoms with van der Waals surface area (Å²) in [5.74, 6) is 0.884. The van der Waals surface area contributed by atoms with Crippen molar-refractivity contribution in [2.24, 2.45) is 5.92 Å². The van der Waals surface area contributed by atoms with E-state index in [0.29, 0.717) is 5.92 Å². The Labute approximate surface area is 150 Å². The maximum atomic E-state index is 12.3. The molecule has 3 nitrogen and oxygen atoms in total. The van der Waals surface area contributed by atoms with Gasteiger partial charge in [-0.2, -0.15) is 0 Å². The summed E-state index contributed by atoms with van der Waals surface area (Å²) >= 11 is 0. The van der Waals surface area contributed by atoms with Crippen LogP contribution in [-0.4, -0.2) is 35.3 Å². The molecule has 25 heavy (non-hydrogen) atoms. The molecule has 0 saturated carbocycles. The smallest absolute Gasteiger partial charge is 0.253 e. The van der Waals surface area contributed by atoms with E-state index in [9.17, 15) is 4.79 Å². The lowest BCUT2D eigenvalue weighted by molar-refractivity contribution is 0.0479. The lowest BCUT2D eigenvalue weighted by Gasteiger charge is -2.39. The van der Waals surface area contributed by atoms with Crippen LogP contribution in [0.1, 0.15) is 40.7 Å². The maximum Gasteiger partial charge on any atom is 0.253 e. The van der Waals surface area contributed by atoms with Gasteiger partial charge in [-0.3, -0.25) is 9.69 Å². The highest BCUT2D eigenvalue weighted by molar-refractivity contribution is 5.94. The zero-order valence-electron chi connectivity index (χ0n) is 14.7. The van der Waals surface area contributed by atoms with E-state index >= 15 is 0 Å². The van der Waals surface area contributed by atoms with Crippen molar-refractivity contribution in [1.82, 2.24) is 9.80 Å². The van der Waals surface area contributed by atoms with Crippen LogP contribution in [0, 0.1) is 5.92 Å². The van der Waals surface area contributed by atoms with Crippen molar-refractivity contribution >= 4 is 5.91 Å². The highest BCUT2D eigenvalue weighted by atomic mass is 16.2. The Bertz CT molecular complexity index is 697. The second-order valence-electron chi connectivity index (χ2n) is 7.42. The van der Waals surface area contributed by atoms with Gasteiger partial charge in [-0.15, -0.1) is 0 Å². The summed E-state index contributed by atoms with van der Waals surface area (Å²) in [5, 5.41) is 0. The average molecular weight is 334 g/mol. The number of unbranched alkanes of at least 4 members (excludes halogenated alkanes) is 1. The van der Waals surface area contributed by atoms with E-state index in [2.05, 4.69) is 29.2 Å². The number of hydrogen-bond acceptors (Lipinski definition) is 2. The highest BCUT2D eigenvalue weighted by Gasteiger charge is 2.30. The van der Waals surface area contributed by atoms with E-state index in [1.807, 2.05) is 35.2 Å². The quantitative estimate of drug-likeness (QED) is 0.747. The van der Waals surface area contributed by atoms with Crippen molar-refractivity contribution in [3.8, 4) is 0 Å². The fourth-order valence-electron chi connectivity index (χ4n) is 4.01. The Kier molecular flexibility index (Phi) is 4.84. The fourth-order valence-corrected chi connectivity index (χ4v) is 4.01. The van der Waals surface area contributed by atoms with Crippen molar-refractivity contribution in [2.45, 2.75) is 32.4 Å². The molecule has 0 atom stereocenters. The zero-order valence-corrected chi connectivity index (χ0v) is 14.7. The topological polar surface area (TPSA) is 23.6 Å². The predicted molar refractivity (Wildman–Crippen MR) is 100 cm³/mol. The number of carbonyl (C=O) groups is 1. The van der Waals surface area contributed by atoms with Crippen LogP contribution < -0.4 is 0 Å². The van der Waals surface area contributed by atoms with Crippen LogP contribution in [-0.2, 0) is 13.1 Å². The van der Waals surface area contributed by atoms with Crippen molar-refractivity contribution in [1.29, 1.82) is 0 Å². The van der Waals surface area contributed by atoms with Crippen LogP contribution in [0.2, 0.25) is 0 Å². The maximum absolute atomic E-state index is 12.3. The Morgan fingerprint density at radius 3 is 2.20 bits per heavy atom. The van der Waals surface area contributed by atoms with Gasteiger partial charge in [0.25, 0.3) is 5.91 Å². The summed E-state index contributed by atoms with van der Waals surface area (Å²) in [6, 6.07) is 18.4. The molecule has 1 fully saturated rings. The van der Waals surface area contributed by atoms with Gasteiger partial charge < -0.3 is 4.90 Å². The molecule has 2 aromatic rings. The molecule has 0 unspecified atom stereocenters. The second kappa shape index (κ2) is 7.40. The molecule has 0 bridgehead atoms. The molecular formula is C22H26N2O. The summed E-state index contributed by atoms with van der Waals surface area (Å²) < 4.78 is 0. The zero-order chi connectivity index (χ0) is 17.1. The molecule has 0 N–H and O–H groups in total. The normalized spacial score (nSPS) is 17.4. The lowest BCUT2D eigenvalue weighted by Crippen LogP contribution is -2.49. The first-order valence-electron chi connectivity index (χ1n) is 9.43. The van der Waals surface area contributed by atoms with Crippen LogP contribution in [0.5, 0.6) is 0 Å². The molecule has 2 aromatic carbocycles. The highest BCUT2D eigenvalue weighted by Crippen LogP contribution is 2.25. The lowest BCUT2D eigenvalue weighted by atomic mass is 9.93. The van der Waals surface area contributed by atoms with E-state index in [-0.39, 0.29) is 5.91 Å². The molecule has 0 aromatic heterocycles. The van der Waals surface area contributed by atoms with Crippen LogP contribution in [0.15, 0.2) is 54.6 Å². The third-order valence-corrected chi connectivity index (χ3v) is 5.51. The van der Waals surface area contributed by atoms with Gasteiger partial charge in [0.1, 0.15) is 0 Å². The molecule has 2 heterocycles.